The number of likely N-dealkylation sites (N-methyl/N-ethyl adjacent to an activating group) is 1. The van der Waals surface area contributed by atoms with Crippen LogP contribution in [0.2, 0.25) is 5.02 Å². The first-order chi connectivity index (χ1) is 19.2. The van der Waals surface area contributed by atoms with Crippen LogP contribution < -0.4 is 9.62 Å². The van der Waals surface area contributed by atoms with Crippen LogP contribution in [0.15, 0.2) is 77.3 Å². The molecule has 0 heterocycles. The number of rotatable bonds is 11. The molecule has 0 spiro atoms. The van der Waals surface area contributed by atoms with Crippen LogP contribution >= 0.6 is 27.5 Å². The second kappa shape index (κ2) is 13.7. The highest BCUT2D eigenvalue weighted by Gasteiger charge is 2.35. The number of carbonyl (C=O) groups is 2. The zero-order valence-electron chi connectivity index (χ0n) is 22.2. The van der Waals surface area contributed by atoms with Crippen LogP contribution in [0, 0.1) is 0 Å². The summed E-state index contributed by atoms with van der Waals surface area (Å²) in [5, 5.41) is 2.43. The van der Waals surface area contributed by atoms with Crippen LogP contribution in [0.5, 0.6) is 0 Å². The summed E-state index contributed by atoms with van der Waals surface area (Å²) in [5.74, 6) is -1.27. The number of amides is 2. The molecule has 0 aliphatic rings. The minimum Gasteiger partial charge on any atom is -0.355 e. The molecular formula is C28H28BrClF3N3O4S. The van der Waals surface area contributed by atoms with Gasteiger partial charge in [-0.15, -0.1) is 0 Å². The van der Waals surface area contributed by atoms with Gasteiger partial charge in [0.25, 0.3) is 0 Å². The van der Waals surface area contributed by atoms with Gasteiger partial charge in [0.2, 0.25) is 21.8 Å². The Labute approximate surface area is 250 Å². The monoisotopic (exact) mass is 673 g/mol. The van der Waals surface area contributed by atoms with E-state index in [1.54, 1.807) is 61.5 Å². The van der Waals surface area contributed by atoms with E-state index in [9.17, 15) is 31.2 Å². The van der Waals surface area contributed by atoms with Crippen molar-refractivity contribution in [1.29, 1.82) is 0 Å². The smallest absolute Gasteiger partial charge is 0.355 e. The van der Waals surface area contributed by atoms with Gasteiger partial charge in [-0.25, -0.2) is 8.42 Å². The van der Waals surface area contributed by atoms with Crippen molar-refractivity contribution in [3.8, 4) is 0 Å². The maximum atomic E-state index is 13.9. The van der Waals surface area contributed by atoms with E-state index in [2.05, 4.69) is 21.2 Å². The predicted octanol–water partition coefficient (Wildman–Crippen LogP) is 5.66. The Morgan fingerprint density at radius 3 is 2.20 bits per heavy atom. The summed E-state index contributed by atoms with van der Waals surface area (Å²) in [7, 11) is -4.30. The molecule has 7 nitrogen and oxygen atoms in total. The minimum atomic E-state index is -4.78. The molecule has 13 heteroatoms. The molecule has 1 N–H and O–H groups in total. The van der Waals surface area contributed by atoms with Gasteiger partial charge in [-0.3, -0.25) is 13.9 Å². The lowest BCUT2D eigenvalue weighted by Gasteiger charge is -2.33. The molecule has 1 atom stereocenters. The van der Waals surface area contributed by atoms with Crippen molar-refractivity contribution in [1.82, 2.24) is 10.2 Å². The van der Waals surface area contributed by atoms with Crippen LogP contribution in [0.1, 0.15) is 23.6 Å². The number of hydrogen-bond acceptors (Lipinski definition) is 4. The first-order valence-electron chi connectivity index (χ1n) is 12.4. The normalized spacial score (nSPS) is 12.5. The van der Waals surface area contributed by atoms with Crippen molar-refractivity contribution < 1.29 is 31.2 Å². The highest BCUT2D eigenvalue weighted by atomic mass is 79.9. The zero-order chi connectivity index (χ0) is 30.4. The van der Waals surface area contributed by atoms with Crippen molar-refractivity contribution in [3.63, 3.8) is 0 Å². The van der Waals surface area contributed by atoms with Gasteiger partial charge < -0.3 is 10.2 Å². The average molecular weight is 675 g/mol. The molecule has 0 saturated carbocycles. The SMILES string of the molecule is CCNC(=O)[C@H](Cc1ccccc1)N(Cc1ccc(Br)cc1)C(=O)CN(c1cc(C(F)(F)F)ccc1Cl)S(C)(=O)=O. The van der Waals surface area contributed by atoms with E-state index >= 15 is 0 Å². The molecule has 0 unspecified atom stereocenters. The van der Waals surface area contributed by atoms with E-state index in [0.717, 1.165) is 28.4 Å². The van der Waals surface area contributed by atoms with Crippen molar-refractivity contribution >= 4 is 55.1 Å². The van der Waals surface area contributed by atoms with E-state index in [4.69, 9.17) is 11.6 Å². The van der Waals surface area contributed by atoms with Gasteiger partial charge in [-0.05, 0) is 48.4 Å². The van der Waals surface area contributed by atoms with E-state index in [1.807, 2.05) is 0 Å². The summed E-state index contributed by atoms with van der Waals surface area (Å²) in [4.78, 5) is 28.5. The molecule has 41 heavy (non-hydrogen) atoms. The first kappa shape index (κ1) is 32.4. The molecule has 3 aromatic carbocycles. The predicted molar refractivity (Wildman–Crippen MR) is 156 cm³/mol. The van der Waals surface area contributed by atoms with Crippen LogP contribution in [0.4, 0.5) is 18.9 Å². The minimum absolute atomic E-state index is 0.0747. The van der Waals surface area contributed by atoms with Gasteiger partial charge >= 0.3 is 6.18 Å². The fourth-order valence-corrected chi connectivity index (χ4v) is 5.49. The second-order valence-electron chi connectivity index (χ2n) is 9.18. The van der Waals surface area contributed by atoms with Gasteiger partial charge in [0.15, 0.2) is 0 Å². The lowest BCUT2D eigenvalue weighted by molar-refractivity contribution is -0.140. The molecule has 220 valence electrons. The number of sulfonamides is 1. The quantitative estimate of drug-likeness (QED) is 0.284. The van der Waals surface area contributed by atoms with Crippen LogP contribution in [-0.2, 0) is 38.8 Å². The lowest BCUT2D eigenvalue weighted by Crippen LogP contribution is -2.53. The Bertz CT molecular complexity index is 1470. The number of nitrogens with zero attached hydrogens (tertiary/aromatic N) is 2. The van der Waals surface area contributed by atoms with E-state index in [1.165, 1.54) is 4.90 Å². The Morgan fingerprint density at radius 2 is 1.63 bits per heavy atom. The van der Waals surface area contributed by atoms with Crippen molar-refractivity contribution in [3.05, 3.63) is 99.0 Å². The molecule has 0 radical (unpaired) electrons. The molecule has 2 amide bonds. The maximum absolute atomic E-state index is 13.9. The Morgan fingerprint density at radius 1 is 1.00 bits per heavy atom. The molecule has 3 aromatic rings. The van der Waals surface area contributed by atoms with Crippen molar-refractivity contribution in [2.24, 2.45) is 0 Å². The summed E-state index contributed by atoms with van der Waals surface area (Å²) < 4.78 is 67.3. The summed E-state index contributed by atoms with van der Waals surface area (Å²) in [6, 6.07) is 17.1. The third-order valence-electron chi connectivity index (χ3n) is 6.11. The van der Waals surface area contributed by atoms with Crippen LogP contribution in [0.3, 0.4) is 0 Å². The number of carbonyl (C=O) groups excluding carboxylic acids is 2. The summed E-state index contributed by atoms with van der Waals surface area (Å²) >= 11 is 9.50. The number of alkyl halides is 3. The largest absolute Gasteiger partial charge is 0.416 e. The van der Waals surface area contributed by atoms with Gasteiger partial charge in [-0.2, -0.15) is 13.2 Å². The molecular weight excluding hydrogens is 647 g/mol. The molecule has 0 aromatic heterocycles. The van der Waals surface area contributed by atoms with E-state index < -0.39 is 51.9 Å². The number of hydrogen-bond donors (Lipinski definition) is 1. The van der Waals surface area contributed by atoms with Gasteiger partial charge in [0.1, 0.15) is 12.6 Å². The van der Waals surface area contributed by atoms with Crippen LogP contribution in [-0.4, -0.2) is 50.5 Å². The topological polar surface area (TPSA) is 86.8 Å². The number of benzene rings is 3. The van der Waals surface area contributed by atoms with Crippen molar-refractivity contribution in [2.75, 3.05) is 23.7 Å². The Kier molecular flexibility index (Phi) is 10.8. The third-order valence-corrected chi connectivity index (χ3v) is 8.08. The fourth-order valence-electron chi connectivity index (χ4n) is 4.11. The number of halogens is 5. The number of nitrogens with one attached hydrogen (secondary N) is 1. The van der Waals surface area contributed by atoms with Crippen molar-refractivity contribution in [2.45, 2.75) is 32.1 Å². The Balaban J connectivity index is 2.09. The van der Waals surface area contributed by atoms with Crippen LogP contribution in [0.25, 0.3) is 0 Å². The Hall–Kier alpha value is -3.09. The average Bonchev–Trinajstić information content (AvgIpc) is 2.90. The molecule has 0 aliphatic carbocycles. The third kappa shape index (κ3) is 8.95. The van der Waals surface area contributed by atoms with E-state index in [-0.39, 0.29) is 24.5 Å². The highest BCUT2D eigenvalue weighted by molar-refractivity contribution is 9.10. The summed E-state index contributed by atoms with van der Waals surface area (Å²) in [6.45, 7) is 1.04. The lowest BCUT2D eigenvalue weighted by atomic mass is 10.0. The standard InChI is InChI=1S/C28H28BrClF3N3O4S/c1-3-34-27(38)25(15-19-7-5-4-6-8-19)35(17-20-9-12-22(29)13-10-20)26(37)18-36(41(2,39)40)24-16-21(28(31,32)33)11-14-23(24)30/h4-14,16,25H,3,15,17-18H2,1-2H3,(H,34,38)/t25-/m0/s1. The highest BCUT2D eigenvalue weighted by Crippen LogP contribution is 2.36. The fraction of sp³-hybridized carbons (Fsp3) is 0.286. The molecule has 0 fully saturated rings. The summed E-state index contributed by atoms with van der Waals surface area (Å²) in [6.07, 6.45) is -3.90. The molecule has 0 bridgehead atoms. The number of anilines is 1. The summed E-state index contributed by atoms with van der Waals surface area (Å²) in [5.41, 5.74) is -0.238. The first-order valence-corrected chi connectivity index (χ1v) is 15.4. The maximum Gasteiger partial charge on any atom is 0.416 e. The zero-order valence-corrected chi connectivity index (χ0v) is 25.3. The van der Waals surface area contributed by atoms with Gasteiger partial charge in [-0.1, -0.05) is 70.0 Å². The van der Waals surface area contributed by atoms with Gasteiger partial charge in [0.05, 0.1) is 22.5 Å². The molecule has 3 rings (SSSR count). The molecule has 0 aliphatic heterocycles. The van der Waals surface area contributed by atoms with Gasteiger partial charge in [0, 0.05) is 24.0 Å². The molecule has 0 saturated heterocycles. The second-order valence-corrected chi connectivity index (χ2v) is 12.4. The van der Waals surface area contributed by atoms with E-state index in [0.29, 0.717) is 15.9 Å².